The van der Waals surface area contributed by atoms with Gasteiger partial charge >= 0.3 is 11.9 Å². The second-order valence-electron chi connectivity index (χ2n) is 6.88. The minimum Gasteiger partial charge on any atom is -0.478 e. The van der Waals surface area contributed by atoms with E-state index in [9.17, 15) is 33.2 Å². The van der Waals surface area contributed by atoms with Gasteiger partial charge in [-0.05, 0) is 35.9 Å². The number of benzene rings is 3. The fourth-order valence-electron chi connectivity index (χ4n) is 2.90. The second kappa shape index (κ2) is 10.4. The SMILES string of the molecule is COC(=O)c1ccc(/C=N/Nc2ccc([N+](=O)[O-])cc2S(=O)(=O)Nc2ccccc2C(=O)O)cc1. The summed E-state index contributed by atoms with van der Waals surface area (Å²) in [7, 11) is -3.22. The number of nitro groups is 1. The van der Waals surface area contributed by atoms with Gasteiger partial charge < -0.3 is 9.84 Å². The fourth-order valence-corrected chi connectivity index (χ4v) is 4.15. The molecule has 0 aliphatic rings. The fraction of sp³-hybridized carbons (Fsp3) is 0.0455. The molecule has 13 heteroatoms. The molecule has 0 unspecified atom stereocenters. The smallest absolute Gasteiger partial charge is 0.337 e. The number of nitro benzene ring substituents is 1. The van der Waals surface area contributed by atoms with E-state index in [-0.39, 0.29) is 16.9 Å². The molecule has 0 fully saturated rings. The topological polar surface area (TPSA) is 177 Å². The van der Waals surface area contributed by atoms with Crippen LogP contribution in [0.4, 0.5) is 17.1 Å². The van der Waals surface area contributed by atoms with Gasteiger partial charge in [-0.2, -0.15) is 5.10 Å². The Balaban J connectivity index is 1.92. The van der Waals surface area contributed by atoms with Crippen molar-refractivity contribution in [1.82, 2.24) is 0 Å². The molecule has 0 spiro atoms. The van der Waals surface area contributed by atoms with E-state index in [1.54, 1.807) is 12.1 Å². The standard InChI is InChI=1S/C22H18N4O8S/c1-34-22(29)15-8-6-14(7-9-15)13-23-24-19-11-10-16(26(30)31)12-20(19)35(32,33)25-18-5-3-2-4-17(18)21(27)28/h2-13,24-25H,1H3,(H,27,28)/b23-13+. The average molecular weight is 498 g/mol. The van der Waals surface area contributed by atoms with Crippen molar-refractivity contribution in [3.8, 4) is 0 Å². The van der Waals surface area contributed by atoms with Gasteiger partial charge in [-0.15, -0.1) is 0 Å². The number of rotatable bonds is 9. The van der Waals surface area contributed by atoms with E-state index >= 15 is 0 Å². The lowest BCUT2D eigenvalue weighted by Gasteiger charge is -2.13. The number of sulfonamides is 1. The molecule has 35 heavy (non-hydrogen) atoms. The van der Waals surface area contributed by atoms with Gasteiger partial charge in [0.25, 0.3) is 15.7 Å². The number of carbonyl (C=O) groups excluding carboxylic acids is 1. The highest BCUT2D eigenvalue weighted by atomic mass is 32.2. The number of esters is 1. The van der Waals surface area contributed by atoms with Crippen molar-refractivity contribution in [2.75, 3.05) is 17.3 Å². The Morgan fingerprint density at radius 3 is 2.37 bits per heavy atom. The van der Waals surface area contributed by atoms with Gasteiger partial charge in [0, 0.05) is 12.1 Å². The third-order valence-electron chi connectivity index (χ3n) is 4.60. The van der Waals surface area contributed by atoms with Gasteiger partial charge in [0.05, 0.1) is 40.7 Å². The van der Waals surface area contributed by atoms with Gasteiger partial charge in [0.2, 0.25) is 0 Å². The van der Waals surface area contributed by atoms with Crippen molar-refractivity contribution >= 4 is 45.2 Å². The molecule has 0 radical (unpaired) electrons. The largest absolute Gasteiger partial charge is 0.478 e. The number of ether oxygens (including phenoxy) is 1. The van der Waals surface area contributed by atoms with Gasteiger partial charge in [0.1, 0.15) is 4.90 Å². The molecule has 0 heterocycles. The van der Waals surface area contributed by atoms with E-state index in [2.05, 4.69) is 20.0 Å². The monoisotopic (exact) mass is 498 g/mol. The molecule has 0 atom stereocenters. The Hall–Kier alpha value is -4.78. The molecule has 3 rings (SSSR count). The van der Waals surface area contributed by atoms with Crippen LogP contribution in [0.3, 0.4) is 0 Å². The van der Waals surface area contributed by atoms with Crippen molar-refractivity contribution in [3.05, 3.63) is 93.5 Å². The van der Waals surface area contributed by atoms with Crippen LogP contribution in [0.5, 0.6) is 0 Å². The molecule has 3 N–H and O–H groups in total. The van der Waals surface area contributed by atoms with E-state index in [4.69, 9.17) is 0 Å². The molecule has 0 saturated carbocycles. The van der Waals surface area contributed by atoms with Gasteiger partial charge in [-0.25, -0.2) is 18.0 Å². The number of carboxylic acid groups (broad SMARTS) is 1. The summed E-state index contributed by atoms with van der Waals surface area (Å²) < 4.78 is 32.9. The molecule has 0 amide bonds. The van der Waals surface area contributed by atoms with E-state index in [0.717, 1.165) is 18.2 Å². The number of carboxylic acids is 1. The van der Waals surface area contributed by atoms with Gasteiger partial charge in [-0.3, -0.25) is 20.3 Å². The first-order chi connectivity index (χ1) is 16.6. The van der Waals surface area contributed by atoms with Crippen LogP contribution < -0.4 is 10.1 Å². The summed E-state index contributed by atoms with van der Waals surface area (Å²) in [5.41, 5.74) is 2.30. The minimum atomic E-state index is -4.47. The van der Waals surface area contributed by atoms with E-state index < -0.39 is 37.5 Å². The number of hydrogen-bond acceptors (Lipinski definition) is 9. The summed E-state index contributed by atoms with van der Waals surface area (Å²) in [6, 6.07) is 14.6. The molecular weight excluding hydrogens is 480 g/mol. The lowest BCUT2D eigenvalue weighted by molar-refractivity contribution is -0.385. The van der Waals surface area contributed by atoms with E-state index in [1.165, 1.54) is 49.7 Å². The van der Waals surface area contributed by atoms with Crippen LogP contribution >= 0.6 is 0 Å². The second-order valence-corrected chi connectivity index (χ2v) is 8.53. The quantitative estimate of drug-likeness (QED) is 0.173. The molecule has 0 bridgehead atoms. The molecule has 0 aliphatic carbocycles. The zero-order valence-electron chi connectivity index (χ0n) is 18.0. The van der Waals surface area contributed by atoms with Crippen molar-refractivity contribution in [2.45, 2.75) is 4.90 Å². The van der Waals surface area contributed by atoms with Crippen molar-refractivity contribution < 1.29 is 32.8 Å². The lowest BCUT2D eigenvalue weighted by Crippen LogP contribution is -2.17. The summed E-state index contributed by atoms with van der Waals surface area (Å²) >= 11 is 0. The highest BCUT2D eigenvalue weighted by molar-refractivity contribution is 7.93. The average Bonchev–Trinajstić information content (AvgIpc) is 2.84. The number of para-hydroxylation sites is 1. The summed E-state index contributed by atoms with van der Waals surface area (Å²) in [6.45, 7) is 0. The van der Waals surface area contributed by atoms with Crippen LogP contribution in [-0.4, -0.2) is 43.7 Å². The molecule has 12 nitrogen and oxygen atoms in total. The first-order valence-corrected chi connectivity index (χ1v) is 11.2. The number of methoxy groups -OCH3 is 1. The minimum absolute atomic E-state index is 0.0988. The highest BCUT2D eigenvalue weighted by Gasteiger charge is 2.24. The third kappa shape index (κ3) is 5.97. The highest BCUT2D eigenvalue weighted by Crippen LogP contribution is 2.29. The van der Waals surface area contributed by atoms with Crippen LogP contribution in [0.1, 0.15) is 26.3 Å². The number of nitrogens with one attached hydrogen (secondary N) is 2. The predicted molar refractivity (Wildman–Crippen MR) is 126 cm³/mol. The Morgan fingerprint density at radius 2 is 1.74 bits per heavy atom. The number of anilines is 2. The number of nitrogens with zero attached hydrogens (tertiary/aromatic N) is 2. The summed E-state index contributed by atoms with van der Waals surface area (Å²) in [5.74, 6) is -1.87. The zero-order chi connectivity index (χ0) is 25.6. The molecule has 0 aromatic heterocycles. The van der Waals surface area contributed by atoms with Crippen LogP contribution in [0.25, 0.3) is 0 Å². The third-order valence-corrected chi connectivity index (χ3v) is 6.00. The van der Waals surface area contributed by atoms with E-state index in [0.29, 0.717) is 11.1 Å². The first kappa shape index (κ1) is 24.9. The van der Waals surface area contributed by atoms with Crippen LogP contribution in [0, 0.1) is 10.1 Å². The van der Waals surface area contributed by atoms with Gasteiger partial charge in [0.15, 0.2) is 0 Å². The normalized spacial score (nSPS) is 11.1. The van der Waals surface area contributed by atoms with Crippen LogP contribution in [0.2, 0.25) is 0 Å². The van der Waals surface area contributed by atoms with Crippen LogP contribution in [-0.2, 0) is 14.8 Å². The summed E-state index contributed by atoms with van der Waals surface area (Å²) in [6.07, 6.45) is 1.34. The number of hydrogen-bond donors (Lipinski definition) is 3. The maximum atomic E-state index is 13.1. The molecular formula is C22H18N4O8S. The van der Waals surface area contributed by atoms with E-state index in [1.807, 2.05) is 0 Å². The Labute approximate surface area is 199 Å². The Bertz CT molecular complexity index is 1420. The first-order valence-electron chi connectivity index (χ1n) is 9.73. The summed E-state index contributed by atoms with van der Waals surface area (Å²) in [5, 5.41) is 24.5. The maximum absolute atomic E-state index is 13.1. The Kier molecular flexibility index (Phi) is 7.41. The zero-order valence-corrected chi connectivity index (χ0v) is 18.9. The molecule has 3 aromatic rings. The van der Waals surface area contributed by atoms with Crippen LogP contribution in [0.15, 0.2) is 76.7 Å². The maximum Gasteiger partial charge on any atom is 0.337 e. The number of non-ortho nitro benzene ring substituents is 1. The molecule has 3 aromatic carbocycles. The molecule has 0 aliphatic heterocycles. The van der Waals surface area contributed by atoms with Crippen molar-refractivity contribution in [1.29, 1.82) is 0 Å². The number of aromatic carboxylic acids is 1. The number of hydrazone groups is 1. The van der Waals surface area contributed by atoms with Crippen molar-refractivity contribution in [2.24, 2.45) is 5.10 Å². The lowest BCUT2D eigenvalue weighted by atomic mass is 10.1. The Morgan fingerprint density at radius 1 is 1.06 bits per heavy atom. The molecule has 0 saturated heterocycles. The molecule has 180 valence electrons. The van der Waals surface area contributed by atoms with Gasteiger partial charge in [-0.1, -0.05) is 24.3 Å². The number of carbonyl (C=O) groups is 2. The van der Waals surface area contributed by atoms with Crippen molar-refractivity contribution in [3.63, 3.8) is 0 Å². The summed E-state index contributed by atoms with van der Waals surface area (Å²) in [4.78, 5) is 32.9. The predicted octanol–water partition coefficient (Wildman–Crippen LogP) is 3.33.